The molecule has 6 heteroatoms. The Morgan fingerprint density at radius 1 is 1.40 bits per heavy atom. The lowest BCUT2D eigenvalue weighted by Crippen LogP contribution is -2.61. The van der Waals surface area contributed by atoms with E-state index < -0.39 is 12.1 Å². The van der Waals surface area contributed by atoms with Gasteiger partial charge in [0.1, 0.15) is 12.1 Å². The van der Waals surface area contributed by atoms with Gasteiger partial charge in [0, 0.05) is 10.7 Å². The minimum Gasteiger partial charge on any atom is -0.343 e. The molecule has 2 rings (SSSR count). The number of hydrogen-bond acceptors (Lipinski definition) is 3. The first-order valence-corrected chi connectivity index (χ1v) is 7.53. The van der Waals surface area contributed by atoms with Gasteiger partial charge in [-0.25, -0.2) is 0 Å². The van der Waals surface area contributed by atoms with Gasteiger partial charge in [0.25, 0.3) is 0 Å². The Balaban J connectivity index is 2.21. The van der Waals surface area contributed by atoms with Gasteiger partial charge in [-0.3, -0.25) is 14.6 Å². The molecule has 5 nitrogen and oxygen atoms in total. The highest BCUT2D eigenvalue weighted by atomic mass is 79.9. The second kappa shape index (κ2) is 6.35. The molecule has 1 aliphatic heterocycles. The summed E-state index contributed by atoms with van der Waals surface area (Å²) >= 11 is 3.33. The zero-order valence-electron chi connectivity index (χ0n) is 11.6. The lowest BCUT2D eigenvalue weighted by Gasteiger charge is -2.37. The number of aromatic nitrogens is 1. The molecule has 0 radical (unpaired) electrons. The number of rotatable bonds is 4. The fourth-order valence-corrected chi connectivity index (χ4v) is 2.57. The quantitative estimate of drug-likeness (QED) is 0.910. The topological polar surface area (TPSA) is 62.3 Å². The van der Waals surface area contributed by atoms with E-state index in [1.807, 2.05) is 19.1 Å². The maximum Gasteiger partial charge on any atom is 0.245 e. The molecule has 2 amide bonds. The minimum absolute atomic E-state index is 0.0484. The summed E-state index contributed by atoms with van der Waals surface area (Å²) in [5.41, 5.74) is 0.782. The molecule has 1 aromatic heterocycles. The van der Waals surface area contributed by atoms with Gasteiger partial charge in [-0.05, 0) is 41.4 Å². The Kier molecular flexibility index (Phi) is 4.75. The van der Waals surface area contributed by atoms with Crippen molar-refractivity contribution in [2.24, 2.45) is 0 Å². The van der Waals surface area contributed by atoms with Crippen molar-refractivity contribution in [2.75, 3.05) is 0 Å². The number of nitrogens with zero attached hydrogens (tertiary/aromatic N) is 2. The number of hydrogen-bond donors (Lipinski definition) is 1. The van der Waals surface area contributed by atoms with Crippen LogP contribution in [0.25, 0.3) is 0 Å². The van der Waals surface area contributed by atoms with Crippen LogP contribution in [0.1, 0.15) is 32.4 Å². The Hall–Kier alpha value is -1.43. The third kappa shape index (κ3) is 3.17. The van der Waals surface area contributed by atoms with Crippen LogP contribution in [-0.4, -0.2) is 33.8 Å². The molecule has 1 aliphatic rings. The number of piperazine rings is 1. The smallest absolute Gasteiger partial charge is 0.245 e. The van der Waals surface area contributed by atoms with E-state index in [0.717, 1.165) is 16.6 Å². The monoisotopic (exact) mass is 339 g/mol. The summed E-state index contributed by atoms with van der Waals surface area (Å²) in [6, 6.07) is 2.88. The van der Waals surface area contributed by atoms with Crippen molar-refractivity contribution in [1.29, 1.82) is 0 Å². The summed E-state index contributed by atoms with van der Waals surface area (Å²) in [4.78, 5) is 30.3. The van der Waals surface area contributed by atoms with Crippen LogP contribution in [0.4, 0.5) is 0 Å². The number of carbonyl (C=O) groups is 2. The minimum atomic E-state index is -0.467. The molecule has 1 fully saturated rings. The lowest BCUT2D eigenvalue weighted by molar-refractivity contribution is -0.149. The van der Waals surface area contributed by atoms with Gasteiger partial charge >= 0.3 is 0 Å². The molecule has 1 aromatic rings. The van der Waals surface area contributed by atoms with Gasteiger partial charge in [0.2, 0.25) is 11.8 Å². The Labute approximate surface area is 126 Å². The standard InChI is InChI=1S/C14H18BrN3O2/c1-3-4-12-13(19)17-9(2)14(20)18(12)8-11-6-5-10(15)7-16-11/h5-7,9,12H,3-4,8H2,1-2H3,(H,17,19). The van der Waals surface area contributed by atoms with Crippen molar-refractivity contribution in [3.63, 3.8) is 0 Å². The van der Waals surface area contributed by atoms with Crippen molar-refractivity contribution in [3.05, 3.63) is 28.5 Å². The maximum absolute atomic E-state index is 12.3. The number of carbonyl (C=O) groups excluding carboxylic acids is 2. The van der Waals surface area contributed by atoms with Gasteiger partial charge in [0.15, 0.2) is 0 Å². The molecule has 2 atom stereocenters. The van der Waals surface area contributed by atoms with Crippen LogP contribution in [0.15, 0.2) is 22.8 Å². The summed E-state index contributed by atoms with van der Waals surface area (Å²) in [5.74, 6) is -0.121. The third-order valence-corrected chi connectivity index (χ3v) is 3.84. The molecular weight excluding hydrogens is 322 g/mol. The summed E-state index contributed by atoms with van der Waals surface area (Å²) in [7, 11) is 0. The summed E-state index contributed by atoms with van der Waals surface area (Å²) in [5, 5.41) is 2.73. The Morgan fingerprint density at radius 2 is 2.15 bits per heavy atom. The molecule has 108 valence electrons. The molecule has 2 unspecified atom stereocenters. The average Bonchev–Trinajstić information content (AvgIpc) is 2.42. The predicted octanol–water partition coefficient (Wildman–Crippen LogP) is 1.86. The fraction of sp³-hybridized carbons (Fsp3) is 0.500. The second-order valence-electron chi connectivity index (χ2n) is 4.97. The molecule has 1 saturated heterocycles. The first-order chi connectivity index (χ1) is 9.52. The van der Waals surface area contributed by atoms with Gasteiger partial charge in [-0.15, -0.1) is 0 Å². The van der Waals surface area contributed by atoms with E-state index in [-0.39, 0.29) is 11.8 Å². The van der Waals surface area contributed by atoms with Crippen molar-refractivity contribution in [3.8, 4) is 0 Å². The highest BCUT2D eigenvalue weighted by molar-refractivity contribution is 9.10. The van der Waals surface area contributed by atoms with Crippen LogP contribution in [-0.2, 0) is 16.1 Å². The molecule has 0 saturated carbocycles. The van der Waals surface area contributed by atoms with Gasteiger partial charge < -0.3 is 10.2 Å². The number of halogens is 1. The van der Waals surface area contributed by atoms with Gasteiger partial charge in [-0.1, -0.05) is 13.3 Å². The number of pyridine rings is 1. The SMILES string of the molecule is CCCC1C(=O)NC(C)C(=O)N1Cc1ccc(Br)cn1. The molecular formula is C14H18BrN3O2. The van der Waals surface area contributed by atoms with Crippen LogP contribution in [0, 0.1) is 0 Å². The van der Waals surface area contributed by atoms with Crippen molar-refractivity contribution in [1.82, 2.24) is 15.2 Å². The summed E-state index contributed by atoms with van der Waals surface area (Å²) < 4.78 is 0.891. The number of nitrogens with one attached hydrogen (secondary N) is 1. The van der Waals surface area contributed by atoms with E-state index in [1.54, 1.807) is 18.0 Å². The van der Waals surface area contributed by atoms with Crippen LogP contribution in [0.3, 0.4) is 0 Å². The van der Waals surface area contributed by atoms with Crippen molar-refractivity contribution >= 4 is 27.7 Å². The maximum atomic E-state index is 12.3. The van der Waals surface area contributed by atoms with Gasteiger partial charge in [-0.2, -0.15) is 0 Å². The molecule has 1 N–H and O–H groups in total. The van der Waals surface area contributed by atoms with Crippen LogP contribution < -0.4 is 5.32 Å². The first-order valence-electron chi connectivity index (χ1n) is 6.74. The molecule has 0 aliphatic carbocycles. The normalized spacial score (nSPS) is 22.9. The van der Waals surface area contributed by atoms with E-state index in [2.05, 4.69) is 26.2 Å². The first kappa shape index (κ1) is 15.0. The van der Waals surface area contributed by atoms with E-state index >= 15 is 0 Å². The Bertz CT molecular complexity index is 504. The largest absolute Gasteiger partial charge is 0.343 e. The molecule has 0 aromatic carbocycles. The van der Waals surface area contributed by atoms with Crippen LogP contribution >= 0.6 is 15.9 Å². The Morgan fingerprint density at radius 3 is 2.75 bits per heavy atom. The fourth-order valence-electron chi connectivity index (χ4n) is 2.34. The zero-order chi connectivity index (χ0) is 14.7. The highest BCUT2D eigenvalue weighted by Gasteiger charge is 2.37. The lowest BCUT2D eigenvalue weighted by atomic mass is 10.0. The van der Waals surface area contributed by atoms with Crippen molar-refractivity contribution in [2.45, 2.75) is 45.3 Å². The molecule has 0 spiro atoms. The van der Waals surface area contributed by atoms with Crippen LogP contribution in [0.5, 0.6) is 0 Å². The second-order valence-corrected chi connectivity index (χ2v) is 5.88. The summed E-state index contributed by atoms with van der Waals surface area (Å²) in [6.07, 6.45) is 3.22. The molecule has 2 heterocycles. The van der Waals surface area contributed by atoms with E-state index in [1.165, 1.54) is 0 Å². The van der Waals surface area contributed by atoms with Crippen LogP contribution in [0.2, 0.25) is 0 Å². The number of amides is 2. The molecule has 0 bridgehead atoms. The van der Waals surface area contributed by atoms with E-state index in [0.29, 0.717) is 13.0 Å². The third-order valence-electron chi connectivity index (χ3n) is 3.37. The zero-order valence-corrected chi connectivity index (χ0v) is 13.2. The predicted molar refractivity (Wildman–Crippen MR) is 78.8 cm³/mol. The van der Waals surface area contributed by atoms with Gasteiger partial charge in [0.05, 0.1) is 12.2 Å². The molecule has 20 heavy (non-hydrogen) atoms. The van der Waals surface area contributed by atoms with E-state index in [4.69, 9.17) is 0 Å². The van der Waals surface area contributed by atoms with Crippen molar-refractivity contribution < 1.29 is 9.59 Å². The highest BCUT2D eigenvalue weighted by Crippen LogP contribution is 2.18. The van der Waals surface area contributed by atoms with E-state index in [9.17, 15) is 9.59 Å². The summed E-state index contributed by atoms with van der Waals surface area (Å²) in [6.45, 7) is 4.09. The average molecular weight is 340 g/mol.